The van der Waals surface area contributed by atoms with Crippen LogP contribution >= 0.6 is 0 Å². The summed E-state index contributed by atoms with van der Waals surface area (Å²) in [7, 11) is 0. The predicted molar refractivity (Wildman–Crippen MR) is 91.6 cm³/mol. The smallest absolute Gasteiger partial charge is 0.158 e. The molecule has 3 heterocycles. The summed E-state index contributed by atoms with van der Waals surface area (Å²) in [4.78, 5) is 18.5. The highest BCUT2D eigenvalue weighted by molar-refractivity contribution is 5.87. The number of fused-ring (bicyclic) bond motifs is 1. The fourth-order valence-electron chi connectivity index (χ4n) is 3.75. The Morgan fingerprint density at radius 1 is 1.21 bits per heavy atom. The maximum atomic E-state index is 12.8. The number of para-hydroxylation sites is 1. The molecule has 6 nitrogen and oxygen atoms in total. The van der Waals surface area contributed by atoms with Crippen molar-refractivity contribution in [2.24, 2.45) is 0 Å². The van der Waals surface area contributed by atoms with E-state index >= 15 is 0 Å². The van der Waals surface area contributed by atoms with Gasteiger partial charge in [-0.1, -0.05) is 25.1 Å². The van der Waals surface area contributed by atoms with E-state index < -0.39 is 0 Å². The average Bonchev–Trinajstić information content (AvgIpc) is 3.25. The Balaban J connectivity index is 1.69. The van der Waals surface area contributed by atoms with E-state index in [1.54, 1.807) is 12.7 Å². The Kier molecular flexibility index (Phi) is 3.90. The Morgan fingerprint density at radius 2 is 2.00 bits per heavy atom. The number of Topliss-reactive ketones (excluding diaryl/α,β-unsaturated/α-hetero) is 1. The van der Waals surface area contributed by atoms with Crippen molar-refractivity contribution in [2.75, 3.05) is 13.1 Å². The van der Waals surface area contributed by atoms with Crippen molar-refractivity contribution in [2.45, 2.75) is 31.8 Å². The minimum atomic E-state index is -0.187. The minimum Gasteiger partial charge on any atom is -0.361 e. The lowest BCUT2D eigenvalue weighted by Crippen LogP contribution is -2.44. The van der Waals surface area contributed by atoms with Gasteiger partial charge in [-0.3, -0.25) is 9.69 Å². The van der Waals surface area contributed by atoms with Gasteiger partial charge in [-0.05, 0) is 24.6 Å². The number of H-pyrrole nitrogens is 1. The zero-order valence-electron chi connectivity index (χ0n) is 13.7. The van der Waals surface area contributed by atoms with E-state index in [4.69, 9.17) is 0 Å². The van der Waals surface area contributed by atoms with E-state index in [-0.39, 0.29) is 17.9 Å². The third-order valence-electron chi connectivity index (χ3n) is 4.90. The van der Waals surface area contributed by atoms with Crippen molar-refractivity contribution < 1.29 is 4.79 Å². The van der Waals surface area contributed by atoms with E-state index in [1.165, 1.54) is 10.9 Å². The molecule has 0 amide bonds. The molecule has 1 N–H and O–H groups in total. The molecule has 1 saturated heterocycles. The van der Waals surface area contributed by atoms with E-state index in [0.29, 0.717) is 13.0 Å². The summed E-state index contributed by atoms with van der Waals surface area (Å²) in [6.45, 7) is 3.85. The van der Waals surface area contributed by atoms with Crippen LogP contribution in [0.1, 0.15) is 37.4 Å². The molecule has 2 atom stereocenters. The first-order valence-electron chi connectivity index (χ1n) is 8.44. The molecule has 0 saturated carbocycles. The van der Waals surface area contributed by atoms with Crippen molar-refractivity contribution in [3.05, 3.63) is 48.7 Å². The number of ketones is 1. The third kappa shape index (κ3) is 2.53. The first kappa shape index (κ1) is 15.1. The number of nitrogens with zero attached hydrogens (tertiary/aromatic N) is 4. The van der Waals surface area contributed by atoms with Crippen LogP contribution in [0.15, 0.2) is 43.1 Å². The second-order valence-electron chi connectivity index (χ2n) is 6.40. The predicted octanol–water partition coefficient (Wildman–Crippen LogP) is 2.73. The number of hydrogen-bond donors (Lipinski definition) is 1. The van der Waals surface area contributed by atoms with Crippen LogP contribution in [0.4, 0.5) is 0 Å². The Morgan fingerprint density at radius 3 is 2.79 bits per heavy atom. The molecule has 0 bridgehead atoms. The van der Waals surface area contributed by atoms with Gasteiger partial charge in [0.05, 0.1) is 0 Å². The van der Waals surface area contributed by atoms with E-state index in [2.05, 4.69) is 51.4 Å². The van der Waals surface area contributed by atoms with E-state index in [0.717, 1.165) is 18.5 Å². The Bertz CT molecular complexity index is 838. The second-order valence-corrected chi connectivity index (χ2v) is 6.40. The van der Waals surface area contributed by atoms with Crippen LogP contribution in [0.2, 0.25) is 0 Å². The number of likely N-dealkylation sites (tertiary alicyclic amines) is 1. The number of hydrogen-bond acceptors (Lipinski definition) is 4. The van der Waals surface area contributed by atoms with Gasteiger partial charge >= 0.3 is 0 Å². The van der Waals surface area contributed by atoms with Gasteiger partial charge in [0, 0.05) is 36.1 Å². The van der Waals surface area contributed by atoms with Gasteiger partial charge in [-0.15, -0.1) is 10.2 Å². The van der Waals surface area contributed by atoms with Crippen molar-refractivity contribution >= 4 is 16.7 Å². The zero-order chi connectivity index (χ0) is 16.5. The molecule has 6 heteroatoms. The van der Waals surface area contributed by atoms with Crippen LogP contribution in [0.5, 0.6) is 0 Å². The molecule has 2 unspecified atom stereocenters. The molecule has 2 aromatic heterocycles. The molecular formula is C18H21N5O. The Labute approximate surface area is 140 Å². The number of aromatic nitrogens is 4. The van der Waals surface area contributed by atoms with Crippen LogP contribution < -0.4 is 0 Å². The van der Waals surface area contributed by atoms with Crippen LogP contribution in [-0.4, -0.2) is 43.5 Å². The van der Waals surface area contributed by atoms with Gasteiger partial charge in [0.15, 0.2) is 5.78 Å². The van der Waals surface area contributed by atoms with Gasteiger partial charge in [0.2, 0.25) is 0 Å². The molecular weight excluding hydrogens is 302 g/mol. The van der Waals surface area contributed by atoms with Crippen LogP contribution in [-0.2, 0) is 4.79 Å². The summed E-state index contributed by atoms with van der Waals surface area (Å²) in [6, 6.07) is 8.22. The van der Waals surface area contributed by atoms with Crippen molar-refractivity contribution in [3.8, 4) is 0 Å². The summed E-state index contributed by atoms with van der Waals surface area (Å²) in [5.41, 5.74) is 2.34. The third-order valence-corrected chi connectivity index (χ3v) is 4.90. The average molecular weight is 323 g/mol. The first-order chi connectivity index (χ1) is 11.8. The molecule has 1 aliphatic heterocycles. The minimum absolute atomic E-state index is 0.126. The highest BCUT2D eigenvalue weighted by Gasteiger charge is 2.36. The van der Waals surface area contributed by atoms with Gasteiger partial charge in [-0.2, -0.15) is 0 Å². The molecule has 0 radical (unpaired) electrons. The number of benzene rings is 1. The summed E-state index contributed by atoms with van der Waals surface area (Å²) in [5.74, 6) is 0.248. The standard InChI is InChI=1S/C18H21N5O/c1-2-7-22-10-17(23-11-20-21-12-23)18(24)8-16(22)14-9-19-15-6-4-3-5-13(14)15/h3-6,9,11-12,16-17,19H,2,7-8,10H2,1H3. The van der Waals surface area contributed by atoms with E-state index in [9.17, 15) is 4.79 Å². The summed E-state index contributed by atoms with van der Waals surface area (Å²) in [5, 5.41) is 8.91. The number of aromatic amines is 1. The number of nitrogens with one attached hydrogen (secondary N) is 1. The number of rotatable bonds is 4. The number of carbonyl (C=O) groups excluding carboxylic acids is 1. The van der Waals surface area contributed by atoms with Gasteiger partial charge in [0.1, 0.15) is 18.7 Å². The maximum absolute atomic E-state index is 12.8. The molecule has 4 rings (SSSR count). The molecule has 24 heavy (non-hydrogen) atoms. The van der Waals surface area contributed by atoms with Gasteiger partial charge < -0.3 is 9.55 Å². The molecule has 1 aromatic carbocycles. The monoisotopic (exact) mass is 323 g/mol. The fraction of sp³-hybridized carbons (Fsp3) is 0.389. The molecule has 3 aromatic rings. The van der Waals surface area contributed by atoms with Crippen LogP contribution in [0.25, 0.3) is 10.9 Å². The quantitative estimate of drug-likeness (QED) is 0.802. The zero-order valence-corrected chi connectivity index (χ0v) is 13.7. The van der Waals surface area contributed by atoms with Crippen molar-refractivity contribution in [3.63, 3.8) is 0 Å². The highest BCUT2D eigenvalue weighted by atomic mass is 16.1. The molecule has 0 aliphatic carbocycles. The van der Waals surface area contributed by atoms with Crippen LogP contribution in [0, 0.1) is 0 Å². The normalized spacial score (nSPS) is 22.3. The molecule has 0 spiro atoms. The number of carbonyl (C=O) groups is 1. The van der Waals surface area contributed by atoms with E-state index in [1.807, 2.05) is 10.6 Å². The van der Waals surface area contributed by atoms with Crippen molar-refractivity contribution in [1.29, 1.82) is 0 Å². The van der Waals surface area contributed by atoms with Crippen LogP contribution in [0.3, 0.4) is 0 Å². The Hall–Kier alpha value is -2.47. The number of piperidine rings is 1. The molecule has 1 fully saturated rings. The lowest BCUT2D eigenvalue weighted by Gasteiger charge is -2.38. The maximum Gasteiger partial charge on any atom is 0.158 e. The topological polar surface area (TPSA) is 66.8 Å². The van der Waals surface area contributed by atoms with Gasteiger partial charge in [0.25, 0.3) is 0 Å². The second kappa shape index (κ2) is 6.20. The molecule has 124 valence electrons. The summed E-state index contributed by atoms with van der Waals surface area (Å²) in [6.07, 6.45) is 6.91. The lowest BCUT2D eigenvalue weighted by atomic mass is 9.91. The SMILES string of the molecule is CCCN1CC(n2cnnc2)C(=O)CC1c1c[nH]c2ccccc12. The molecule has 1 aliphatic rings. The fourth-order valence-corrected chi connectivity index (χ4v) is 3.75. The largest absolute Gasteiger partial charge is 0.361 e. The first-order valence-corrected chi connectivity index (χ1v) is 8.44. The highest BCUT2D eigenvalue weighted by Crippen LogP contribution is 2.36. The lowest BCUT2D eigenvalue weighted by molar-refractivity contribution is -0.127. The summed E-state index contributed by atoms with van der Waals surface area (Å²) >= 11 is 0. The van der Waals surface area contributed by atoms with Gasteiger partial charge in [-0.25, -0.2) is 0 Å². The summed E-state index contributed by atoms with van der Waals surface area (Å²) < 4.78 is 1.83. The van der Waals surface area contributed by atoms with Crippen molar-refractivity contribution in [1.82, 2.24) is 24.6 Å².